The van der Waals surface area contributed by atoms with Crippen LogP contribution >= 0.6 is 12.2 Å². The fourth-order valence-electron chi connectivity index (χ4n) is 3.92. The third-order valence-electron chi connectivity index (χ3n) is 5.29. The average molecular weight is 448 g/mol. The highest BCUT2D eigenvalue weighted by Gasteiger charge is 2.36. The average Bonchev–Trinajstić information content (AvgIpc) is 2.81. The number of nitro groups is 1. The van der Waals surface area contributed by atoms with E-state index in [0.717, 1.165) is 16.8 Å². The van der Waals surface area contributed by atoms with Gasteiger partial charge in [-0.2, -0.15) is 0 Å². The van der Waals surface area contributed by atoms with Gasteiger partial charge in [-0.15, -0.1) is 0 Å². The van der Waals surface area contributed by atoms with Crippen molar-refractivity contribution in [3.8, 4) is 11.5 Å². The number of phenols is 1. The predicted molar refractivity (Wildman–Crippen MR) is 127 cm³/mol. The third-order valence-corrected chi connectivity index (χ3v) is 5.50. The van der Waals surface area contributed by atoms with Crippen LogP contribution in [0.3, 0.4) is 0 Å². The van der Waals surface area contributed by atoms with Crippen molar-refractivity contribution in [2.24, 2.45) is 4.99 Å². The van der Waals surface area contributed by atoms with Crippen molar-refractivity contribution in [3.05, 3.63) is 99.6 Å². The van der Waals surface area contributed by atoms with Gasteiger partial charge in [-0.3, -0.25) is 10.1 Å². The summed E-state index contributed by atoms with van der Waals surface area (Å²) >= 11 is 5.44. The molecule has 2 atom stereocenters. The van der Waals surface area contributed by atoms with Gasteiger partial charge in [0, 0.05) is 6.07 Å². The van der Waals surface area contributed by atoms with Gasteiger partial charge in [-0.1, -0.05) is 60.7 Å². The molecule has 4 rings (SSSR count). The maximum Gasteiger partial charge on any atom is 0.315 e. The highest BCUT2D eigenvalue weighted by Crippen LogP contribution is 2.43. The number of aliphatic imine (C=N–C) groups is 1. The molecule has 1 heterocycles. The number of nitrogens with one attached hydrogen (secondary N) is 1. The molecule has 0 bridgehead atoms. The van der Waals surface area contributed by atoms with Gasteiger partial charge in [0.25, 0.3) is 0 Å². The lowest BCUT2D eigenvalue weighted by Crippen LogP contribution is -2.39. The van der Waals surface area contributed by atoms with E-state index in [1.165, 1.54) is 6.07 Å². The first-order chi connectivity index (χ1) is 15.5. The molecule has 32 heavy (non-hydrogen) atoms. The zero-order valence-corrected chi connectivity index (χ0v) is 18.1. The first kappa shape index (κ1) is 21.5. The fraction of sp³-hybridized carbons (Fsp3) is 0.167. The van der Waals surface area contributed by atoms with Crippen LogP contribution in [-0.2, 0) is 0 Å². The first-order valence-electron chi connectivity index (χ1n) is 10.1. The number of ether oxygens (including phenoxy) is 1. The molecule has 1 aliphatic rings. The summed E-state index contributed by atoms with van der Waals surface area (Å²) < 4.78 is 5.49. The highest BCUT2D eigenvalue weighted by molar-refractivity contribution is 7.80. The van der Waals surface area contributed by atoms with Crippen LogP contribution in [0.25, 0.3) is 0 Å². The zero-order chi connectivity index (χ0) is 22.7. The Balaban J connectivity index is 1.92. The van der Waals surface area contributed by atoms with Crippen molar-refractivity contribution in [1.29, 1.82) is 0 Å². The normalized spacial score (nSPS) is 17.9. The number of rotatable bonds is 6. The molecule has 162 valence electrons. The van der Waals surface area contributed by atoms with Crippen LogP contribution in [0.5, 0.6) is 11.5 Å². The summed E-state index contributed by atoms with van der Waals surface area (Å²) in [5, 5.41) is 25.5. The van der Waals surface area contributed by atoms with Crippen LogP contribution in [0.2, 0.25) is 0 Å². The van der Waals surface area contributed by atoms with Crippen LogP contribution in [-0.4, -0.2) is 27.5 Å². The quantitative estimate of drug-likeness (QED) is 0.317. The Bertz CT molecular complexity index is 1180. The molecule has 0 aromatic heterocycles. The Hall–Kier alpha value is -3.78. The summed E-state index contributed by atoms with van der Waals surface area (Å²) in [6, 6.07) is 22.0. The molecule has 3 aromatic carbocycles. The summed E-state index contributed by atoms with van der Waals surface area (Å²) in [6.07, 6.45) is 0. The van der Waals surface area contributed by atoms with E-state index in [-0.39, 0.29) is 23.4 Å². The molecular weight excluding hydrogens is 426 g/mol. The molecule has 0 aliphatic carbocycles. The Morgan fingerprint density at radius 1 is 1.09 bits per heavy atom. The van der Waals surface area contributed by atoms with E-state index in [4.69, 9.17) is 17.0 Å². The van der Waals surface area contributed by atoms with Crippen molar-refractivity contribution in [1.82, 2.24) is 5.32 Å². The number of hydrogen-bond acceptors (Lipinski definition) is 5. The maximum atomic E-state index is 11.6. The monoisotopic (exact) mass is 447 g/mol. The molecule has 0 amide bonds. The second-order valence-electron chi connectivity index (χ2n) is 7.26. The molecular formula is C24H21N3O4S. The number of nitrogens with zero attached hydrogens (tertiary/aromatic N) is 2. The topological polar surface area (TPSA) is 97.0 Å². The molecule has 2 unspecified atom stereocenters. The molecule has 0 radical (unpaired) electrons. The molecule has 1 aliphatic heterocycles. The molecule has 8 heteroatoms. The zero-order valence-electron chi connectivity index (χ0n) is 17.3. The number of hydrogen-bond donors (Lipinski definition) is 2. The largest absolute Gasteiger partial charge is 0.500 e. The van der Waals surface area contributed by atoms with Gasteiger partial charge in [-0.05, 0) is 41.9 Å². The first-order valence-corrected chi connectivity index (χ1v) is 10.5. The van der Waals surface area contributed by atoms with E-state index in [2.05, 4.69) is 10.3 Å². The smallest absolute Gasteiger partial charge is 0.315 e. The molecule has 0 saturated heterocycles. The number of aromatic hydroxyl groups is 1. The van der Waals surface area contributed by atoms with Gasteiger partial charge in [-0.25, -0.2) is 4.99 Å². The SMILES string of the molecule is CCOc1cc(C2NC(=S)N=C(c3ccccc3)C2c2ccccc2)cc([N+](=O)[O-])c1O. The Morgan fingerprint density at radius 2 is 1.75 bits per heavy atom. The highest BCUT2D eigenvalue weighted by atomic mass is 32.1. The number of benzene rings is 3. The molecule has 0 fully saturated rings. The van der Waals surface area contributed by atoms with Gasteiger partial charge < -0.3 is 15.2 Å². The molecule has 0 spiro atoms. The Labute approximate surface area is 190 Å². The minimum Gasteiger partial charge on any atom is -0.500 e. The number of nitro benzene ring substituents is 1. The lowest BCUT2D eigenvalue weighted by atomic mass is 9.80. The van der Waals surface area contributed by atoms with Crippen molar-refractivity contribution >= 4 is 28.7 Å². The van der Waals surface area contributed by atoms with E-state index < -0.39 is 22.4 Å². The minimum atomic E-state index is -0.619. The lowest BCUT2D eigenvalue weighted by Gasteiger charge is -2.34. The van der Waals surface area contributed by atoms with Gasteiger partial charge in [0.2, 0.25) is 5.75 Å². The lowest BCUT2D eigenvalue weighted by molar-refractivity contribution is -0.386. The number of thiocarbonyl (C=S) groups is 1. The van der Waals surface area contributed by atoms with E-state index >= 15 is 0 Å². The van der Waals surface area contributed by atoms with E-state index in [9.17, 15) is 15.2 Å². The summed E-state index contributed by atoms with van der Waals surface area (Å²) in [7, 11) is 0. The number of phenolic OH excluding ortho intramolecular Hbond substituents is 1. The minimum absolute atomic E-state index is 0.0556. The van der Waals surface area contributed by atoms with Crippen molar-refractivity contribution in [3.63, 3.8) is 0 Å². The van der Waals surface area contributed by atoms with Crippen molar-refractivity contribution in [2.75, 3.05) is 6.61 Å². The molecule has 7 nitrogen and oxygen atoms in total. The second kappa shape index (κ2) is 9.15. The van der Waals surface area contributed by atoms with Crippen LogP contribution in [0.1, 0.15) is 35.6 Å². The van der Waals surface area contributed by atoms with E-state index in [1.54, 1.807) is 13.0 Å². The molecule has 2 N–H and O–H groups in total. The predicted octanol–water partition coefficient (Wildman–Crippen LogP) is 4.90. The van der Waals surface area contributed by atoms with Crippen LogP contribution in [0, 0.1) is 10.1 Å². The van der Waals surface area contributed by atoms with Gasteiger partial charge in [0.05, 0.1) is 29.2 Å². The van der Waals surface area contributed by atoms with Crippen molar-refractivity contribution < 1.29 is 14.8 Å². The van der Waals surface area contributed by atoms with Crippen LogP contribution in [0.4, 0.5) is 5.69 Å². The van der Waals surface area contributed by atoms with Gasteiger partial charge in [0.1, 0.15) is 0 Å². The standard InChI is InChI=1S/C24H21N3O4S/c1-2-31-19-14-17(13-18(23(19)28)27(29)30)22-20(15-9-5-3-6-10-15)21(25-24(32)26-22)16-11-7-4-8-12-16/h3-14,20,22,28H,2H2,1H3,(H,26,32). The van der Waals surface area contributed by atoms with E-state index in [1.807, 2.05) is 60.7 Å². The summed E-state index contributed by atoms with van der Waals surface area (Å²) in [4.78, 5) is 15.7. The van der Waals surface area contributed by atoms with E-state index in [0.29, 0.717) is 5.56 Å². The summed E-state index contributed by atoms with van der Waals surface area (Å²) in [5.41, 5.74) is 2.79. The fourth-order valence-corrected chi connectivity index (χ4v) is 4.15. The van der Waals surface area contributed by atoms with Crippen LogP contribution in [0.15, 0.2) is 77.8 Å². The van der Waals surface area contributed by atoms with Gasteiger partial charge >= 0.3 is 5.69 Å². The van der Waals surface area contributed by atoms with Gasteiger partial charge in [0.15, 0.2) is 10.9 Å². The molecule has 0 saturated carbocycles. The van der Waals surface area contributed by atoms with Crippen LogP contribution < -0.4 is 10.1 Å². The Morgan fingerprint density at radius 3 is 2.38 bits per heavy atom. The third kappa shape index (κ3) is 4.17. The van der Waals surface area contributed by atoms with Crippen molar-refractivity contribution in [2.45, 2.75) is 18.9 Å². The maximum absolute atomic E-state index is 11.6. The molecule has 3 aromatic rings. The summed E-state index contributed by atoms with van der Waals surface area (Å²) in [5.74, 6) is -0.726. The summed E-state index contributed by atoms with van der Waals surface area (Å²) in [6.45, 7) is 2.00. The second-order valence-corrected chi connectivity index (χ2v) is 7.64. The Kier molecular flexibility index (Phi) is 6.13.